The number of hydrogen-bond donors (Lipinski definition) is 1. The minimum atomic E-state index is -0.623. The van der Waals surface area contributed by atoms with Crippen LogP contribution >= 0.6 is 27.3 Å². The average Bonchev–Trinajstić information content (AvgIpc) is 2.95. The van der Waals surface area contributed by atoms with Gasteiger partial charge >= 0.3 is 5.97 Å². The standard InChI is InChI=1S/C15H12BrNO4S/c1-9(18)12-5-6-13(22-12)15(20)21-8-14(19)17-11-4-2-3-10(16)7-11/h2-7H,8H2,1H3,(H,17,19). The largest absolute Gasteiger partial charge is 0.451 e. The van der Waals surface area contributed by atoms with Crippen molar-refractivity contribution >= 4 is 50.6 Å². The molecule has 1 amide bonds. The lowest BCUT2D eigenvalue weighted by molar-refractivity contribution is -0.119. The molecule has 0 aliphatic rings. The number of Topliss-reactive ketones (excluding diaryl/α,β-unsaturated/α-hetero) is 1. The molecule has 1 aromatic heterocycles. The van der Waals surface area contributed by atoms with Crippen molar-refractivity contribution in [3.63, 3.8) is 0 Å². The Morgan fingerprint density at radius 2 is 1.91 bits per heavy atom. The first-order valence-electron chi connectivity index (χ1n) is 6.29. The van der Waals surface area contributed by atoms with Gasteiger partial charge in [-0.1, -0.05) is 22.0 Å². The van der Waals surface area contributed by atoms with Crippen LogP contribution in [-0.2, 0) is 9.53 Å². The lowest BCUT2D eigenvalue weighted by Gasteiger charge is -2.06. The summed E-state index contributed by atoms with van der Waals surface area (Å²) in [5, 5.41) is 2.62. The van der Waals surface area contributed by atoms with Crippen LogP contribution in [0.5, 0.6) is 0 Å². The molecule has 22 heavy (non-hydrogen) atoms. The number of rotatable bonds is 5. The molecule has 2 rings (SSSR count). The second-order valence-corrected chi connectivity index (χ2v) is 6.35. The number of anilines is 1. The highest BCUT2D eigenvalue weighted by Gasteiger charge is 2.14. The maximum absolute atomic E-state index is 11.8. The third-order valence-electron chi connectivity index (χ3n) is 2.60. The molecule has 0 radical (unpaired) electrons. The molecule has 0 saturated heterocycles. The molecule has 1 heterocycles. The summed E-state index contributed by atoms with van der Waals surface area (Å²) < 4.78 is 5.75. The van der Waals surface area contributed by atoms with Gasteiger partial charge in [-0.3, -0.25) is 9.59 Å². The Morgan fingerprint density at radius 1 is 1.18 bits per heavy atom. The van der Waals surface area contributed by atoms with Gasteiger partial charge in [0.05, 0.1) is 4.88 Å². The second kappa shape index (κ2) is 7.33. The van der Waals surface area contributed by atoms with E-state index in [1.54, 1.807) is 24.3 Å². The Morgan fingerprint density at radius 3 is 2.55 bits per heavy atom. The fraction of sp³-hybridized carbons (Fsp3) is 0.133. The summed E-state index contributed by atoms with van der Waals surface area (Å²) in [6, 6.07) is 10.1. The second-order valence-electron chi connectivity index (χ2n) is 4.35. The number of esters is 1. The van der Waals surface area contributed by atoms with E-state index >= 15 is 0 Å². The lowest BCUT2D eigenvalue weighted by Crippen LogP contribution is -2.20. The van der Waals surface area contributed by atoms with Crippen molar-refractivity contribution in [2.24, 2.45) is 0 Å². The van der Waals surface area contributed by atoms with Crippen LogP contribution < -0.4 is 5.32 Å². The molecule has 5 nitrogen and oxygen atoms in total. The van der Waals surface area contributed by atoms with Crippen molar-refractivity contribution in [2.75, 3.05) is 11.9 Å². The maximum Gasteiger partial charge on any atom is 0.348 e. The molecule has 1 N–H and O–H groups in total. The molecule has 0 atom stereocenters. The molecule has 7 heteroatoms. The highest BCUT2D eigenvalue weighted by Crippen LogP contribution is 2.18. The van der Waals surface area contributed by atoms with E-state index in [1.807, 2.05) is 6.07 Å². The van der Waals surface area contributed by atoms with Crippen LogP contribution in [-0.4, -0.2) is 24.3 Å². The first-order chi connectivity index (χ1) is 10.5. The highest BCUT2D eigenvalue weighted by atomic mass is 79.9. The predicted molar refractivity (Wildman–Crippen MR) is 87.4 cm³/mol. The normalized spacial score (nSPS) is 10.1. The molecule has 0 fully saturated rings. The quantitative estimate of drug-likeness (QED) is 0.635. The van der Waals surface area contributed by atoms with Gasteiger partial charge < -0.3 is 10.1 Å². The zero-order valence-corrected chi connectivity index (χ0v) is 14.0. The molecule has 1 aromatic carbocycles. The van der Waals surface area contributed by atoms with E-state index in [2.05, 4.69) is 21.2 Å². The van der Waals surface area contributed by atoms with Crippen molar-refractivity contribution in [1.29, 1.82) is 0 Å². The fourth-order valence-corrected chi connectivity index (χ4v) is 2.80. The van der Waals surface area contributed by atoms with E-state index in [4.69, 9.17) is 4.74 Å². The number of benzene rings is 1. The number of nitrogens with one attached hydrogen (secondary N) is 1. The predicted octanol–water partition coefficient (Wildman–Crippen LogP) is 3.51. The van der Waals surface area contributed by atoms with Crippen LogP contribution in [0.1, 0.15) is 26.3 Å². The van der Waals surface area contributed by atoms with Gasteiger partial charge in [-0.2, -0.15) is 0 Å². The van der Waals surface area contributed by atoms with E-state index in [-0.39, 0.29) is 5.78 Å². The summed E-state index contributed by atoms with van der Waals surface area (Å²) in [7, 11) is 0. The van der Waals surface area contributed by atoms with Gasteiger partial charge in [-0.15, -0.1) is 11.3 Å². The minimum Gasteiger partial charge on any atom is -0.451 e. The van der Waals surface area contributed by atoms with E-state index in [0.29, 0.717) is 15.4 Å². The molecule has 0 aliphatic carbocycles. The molecule has 0 unspecified atom stereocenters. The van der Waals surface area contributed by atoms with E-state index < -0.39 is 18.5 Å². The molecule has 114 valence electrons. The fourth-order valence-electron chi connectivity index (χ4n) is 1.60. The van der Waals surface area contributed by atoms with Crippen LogP contribution in [0.15, 0.2) is 40.9 Å². The van der Waals surface area contributed by atoms with Gasteiger partial charge in [0.15, 0.2) is 12.4 Å². The molecule has 0 spiro atoms. The van der Waals surface area contributed by atoms with Gasteiger partial charge in [0.1, 0.15) is 4.88 Å². The summed E-state index contributed by atoms with van der Waals surface area (Å²) in [4.78, 5) is 35.4. The summed E-state index contributed by atoms with van der Waals surface area (Å²) in [5.74, 6) is -1.17. The molecule has 0 aliphatic heterocycles. The van der Waals surface area contributed by atoms with Gasteiger partial charge in [-0.25, -0.2) is 4.79 Å². The zero-order chi connectivity index (χ0) is 16.1. The van der Waals surface area contributed by atoms with Crippen molar-refractivity contribution in [2.45, 2.75) is 6.92 Å². The van der Waals surface area contributed by atoms with Crippen LogP contribution in [0.2, 0.25) is 0 Å². The number of ether oxygens (including phenoxy) is 1. The smallest absolute Gasteiger partial charge is 0.348 e. The first-order valence-corrected chi connectivity index (χ1v) is 7.90. The van der Waals surface area contributed by atoms with E-state index in [9.17, 15) is 14.4 Å². The number of ketones is 1. The summed E-state index contributed by atoms with van der Waals surface area (Å²) >= 11 is 4.34. The minimum absolute atomic E-state index is 0.114. The Kier molecular flexibility index (Phi) is 5.46. The Balaban J connectivity index is 1.87. The summed E-state index contributed by atoms with van der Waals surface area (Å²) in [5.41, 5.74) is 0.602. The van der Waals surface area contributed by atoms with Crippen molar-refractivity contribution in [1.82, 2.24) is 0 Å². The SMILES string of the molecule is CC(=O)c1ccc(C(=O)OCC(=O)Nc2cccc(Br)c2)s1. The number of thiophene rings is 1. The molecule has 2 aromatic rings. The monoisotopic (exact) mass is 381 g/mol. The Bertz CT molecular complexity index is 726. The zero-order valence-electron chi connectivity index (χ0n) is 11.6. The van der Waals surface area contributed by atoms with Crippen molar-refractivity contribution < 1.29 is 19.1 Å². The lowest BCUT2D eigenvalue weighted by atomic mass is 10.3. The molecule has 0 saturated carbocycles. The van der Waals surface area contributed by atoms with Crippen LogP contribution in [0.25, 0.3) is 0 Å². The summed E-state index contributed by atoms with van der Waals surface area (Å²) in [6.45, 7) is 1.03. The number of amides is 1. The maximum atomic E-state index is 11.8. The van der Waals surface area contributed by atoms with E-state index in [1.165, 1.54) is 13.0 Å². The van der Waals surface area contributed by atoms with Crippen LogP contribution in [0, 0.1) is 0 Å². The molecular formula is C15H12BrNO4S. The highest BCUT2D eigenvalue weighted by molar-refractivity contribution is 9.10. The third kappa shape index (κ3) is 4.51. The number of hydrogen-bond acceptors (Lipinski definition) is 5. The van der Waals surface area contributed by atoms with E-state index in [0.717, 1.165) is 15.8 Å². The van der Waals surface area contributed by atoms with Crippen LogP contribution in [0.4, 0.5) is 5.69 Å². The number of carbonyl (C=O) groups is 3. The number of halogens is 1. The Hall–Kier alpha value is -1.99. The Labute approximate surface area is 139 Å². The third-order valence-corrected chi connectivity index (χ3v) is 4.26. The van der Waals surface area contributed by atoms with Crippen molar-refractivity contribution in [3.8, 4) is 0 Å². The van der Waals surface area contributed by atoms with Gasteiger partial charge in [0.25, 0.3) is 5.91 Å². The number of carbonyl (C=O) groups excluding carboxylic acids is 3. The van der Waals surface area contributed by atoms with Crippen LogP contribution in [0.3, 0.4) is 0 Å². The van der Waals surface area contributed by atoms with Gasteiger partial charge in [0, 0.05) is 10.2 Å². The molecule has 0 bridgehead atoms. The summed E-state index contributed by atoms with van der Waals surface area (Å²) in [6.07, 6.45) is 0. The average molecular weight is 382 g/mol. The van der Waals surface area contributed by atoms with Crippen molar-refractivity contribution in [3.05, 3.63) is 50.6 Å². The van der Waals surface area contributed by atoms with Gasteiger partial charge in [-0.05, 0) is 37.3 Å². The molecular weight excluding hydrogens is 370 g/mol. The van der Waals surface area contributed by atoms with Gasteiger partial charge in [0.2, 0.25) is 0 Å². The first kappa shape index (κ1) is 16.4. The topological polar surface area (TPSA) is 72.5 Å².